The highest BCUT2D eigenvalue weighted by molar-refractivity contribution is 5.84. The van der Waals surface area contributed by atoms with Crippen LogP contribution in [0.2, 0.25) is 0 Å². The molecule has 3 aromatic rings. The highest BCUT2D eigenvalue weighted by Crippen LogP contribution is 2.33. The van der Waals surface area contributed by atoms with Gasteiger partial charge in [-0.2, -0.15) is 0 Å². The lowest BCUT2D eigenvalue weighted by atomic mass is 9.90. The van der Waals surface area contributed by atoms with Gasteiger partial charge in [0.2, 0.25) is 0 Å². The fourth-order valence-corrected chi connectivity index (χ4v) is 3.63. The molecule has 0 spiro atoms. The van der Waals surface area contributed by atoms with E-state index >= 15 is 0 Å². The summed E-state index contributed by atoms with van der Waals surface area (Å²) in [5, 5.41) is 0. The lowest BCUT2D eigenvalue weighted by Crippen LogP contribution is -2.24. The summed E-state index contributed by atoms with van der Waals surface area (Å²) in [7, 11) is 3.30. The van der Waals surface area contributed by atoms with Crippen LogP contribution in [0.1, 0.15) is 35.2 Å². The first kappa shape index (κ1) is 17.3. The van der Waals surface area contributed by atoms with Gasteiger partial charge in [0.25, 0.3) is 5.56 Å². The molecule has 138 valence electrons. The lowest BCUT2D eigenvalue weighted by molar-refractivity contribution is 0.402. The topological polar surface area (TPSA) is 52.8 Å². The van der Waals surface area contributed by atoms with E-state index in [9.17, 15) is 4.79 Å². The normalized spacial score (nSPS) is 15.0. The monoisotopic (exact) mass is 362 g/mol. The fourth-order valence-electron chi connectivity index (χ4n) is 3.63. The van der Waals surface area contributed by atoms with Crippen LogP contribution in [0.3, 0.4) is 0 Å². The van der Waals surface area contributed by atoms with Gasteiger partial charge in [-0.05, 0) is 67.7 Å². The molecule has 1 aliphatic carbocycles. The second-order valence-corrected chi connectivity index (χ2v) is 6.81. The second kappa shape index (κ2) is 6.91. The number of pyridine rings is 1. The third-order valence-corrected chi connectivity index (χ3v) is 5.01. The van der Waals surface area contributed by atoms with E-state index < -0.39 is 0 Å². The molecule has 2 aromatic heterocycles. The Bertz CT molecular complexity index is 1110. The van der Waals surface area contributed by atoms with E-state index in [1.54, 1.807) is 18.6 Å². The van der Waals surface area contributed by atoms with E-state index in [1.165, 1.54) is 0 Å². The minimum absolute atomic E-state index is 0.0295. The number of aryl methyl sites for hydroxylation is 1. The van der Waals surface area contributed by atoms with Crippen LogP contribution in [0.4, 0.5) is 0 Å². The van der Waals surface area contributed by atoms with Crippen LogP contribution in [-0.2, 0) is 6.42 Å². The van der Waals surface area contributed by atoms with E-state index in [1.807, 2.05) is 43.5 Å². The molecule has 0 saturated heterocycles. The number of fused-ring (bicyclic) bond motifs is 2. The van der Waals surface area contributed by atoms with E-state index in [4.69, 9.17) is 14.5 Å². The zero-order valence-corrected chi connectivity index (χ0v) is 15.8. The molecule has 4 rings (SSSR count). The van der Waals surface area contributed by atoms with Crippen molar-refractivity contribution >= 4 is 17.3 Å². The Hall–Kier alpha value is -3.08. The Balaban J connectivity index is 1.91. The summed E-state index contributed by atoms with van der Waals surface area (Å²) in [6.07, 6.45) is 6.48. The van der Waals surface area contributed by atoms with Crippen LogP contribution in [-0.4, -0.2) is 23.6 Å². The smallest absolute Gasteiger partial charge is 0.261 e. The summed E-state index contributed by atoms with van der Waals surface area (Å²) < 4.78 is 12.5. The van der Waals surface area contributed by atoms with Gasteiger partial charge in [0.15, 0.2) is 0 Å². The van der Waals surface area contributed by atoms with Crippen LogP contribution in [0.25, 0.3) is 17.3 Å². The Labute approximate surface area is 157 Å². The number of aromatic nitrogens is 2. The van der Waals surface area contributed by atoms with Crippen molar-refractivity contribution in [2.24, 2.45) is 0 Å². The van der Waals surface area contributed by atoms with Crippen LogP contribution in [0.15, 0.2) is 41.3 Å². The predicted molar refractivity (Wildman–Crippen MR) is 107 cm³/mol. The van der Waals surface area contributed by atoms with Crippen molar-refractivity contribution in [3.05, 3.63) is 69.3 Å². The average Bonchev–Trinajstić information content (AvgIpc) is 2.69. The van der Waals surface area contributed by atoms with Crippen molar-refractivity contribution in [2.45, 2.75) is 26.2 Å². The highest BCUT2D eigenvalue weighted by atomic mass is 16.5. The van der Waals surface area contributed by atoms with Crippen molar-refractivity contribution in [3.63, 3.8) is 0 Å². The maximum atomic E-state index is 13.0. The van der Waals surface area contributed by atoms with E-state index in [0.717, 1.165) is 58.7 Å². The minimum atomic E-state index is 0.0295. The van der Waals surface area contributed by atoms with Gasteiger partial charge in [-0.3, -0.25) is 9.20 Å². The molecule has 27 heavy (non-hydrogen) atoms. The summed E-state index contributed by atoms with van der Waals surface area (Å²) >= 11 is 0. The van der Waals surface area contributed by atoms with Crippen molar-refractivity contribution in [3.8, 4) is 11.5 Å². The van der Waals surface area contributed by atoms with Crippen molar-refractivity contribution in [2.75, 3.05) is 14.2 Å². The molecular weight excluding hydrogens is 340 g/mol. The number of allylic oxidation sites excluding steroid dienone is 1. The molecule has 0 radical (unpaired) electrons. The summed E-state index contributed by atoms with van der Waals surface area (Å²) in [4.78, 5) is 17.8. The van der Waals surface area contributed by atoms with Crippen LogP contribution in [0.5, 0.6) is 11.5 Å². The summed E-state index contributed by atoms with van der Waals surface area (Å²) in [6, 6.07) is 9.58. The Morgan fingerprint density at radius 3 is 2.74 bits per heavy atom. The molecule has 0 fully saturated rings. The highest BCUT2D eigenvalue weighted by Gasteiger charge is 2.21. The lowest BCUT2D eigenvalue weighted by Gasteiger charge is -2.19. The van der Waals surface area contributed by atoms with Gasteiger partial charge in [-0.15, -0.1) is 0 Å². The van der Waals surface area contributed by atoms with Gasteiger partial charge in [-0.25, -0.2) is 4.98 Å². The largest absolute Gasteiger partial charge is 0.497 e. The summed E-state index contributed by atoms with van der Waals surface area (Å²) in [5.74, 6) is 1.53. The molecule has 5 nitrogen and oxygen atoms in total. The molecule has 0 N–H and O–H groups in total. The minimum Gasteiger partial charge on any atom is -0.497 e. The van der Waals surface area contributed by atoms with Gasteiger partial charge in [0.05, 0.1) is 19.9 Å². The number of methoxy groups -OCH3 is 2. The molecule has 0 amide bonds. The second-order valence-electron chi connectivity index (χ2n) is 6.81. The van der Waals surface area contributed by atoms with Gasteiger partial charge in [0.1, 0.15) is 17.1 Å². The van der Waals surface area contributed by atoms with Crippen LogP contribution >= 0.6 is 0 Å². The van der Waals surface area contributed by atoms with Crippen LogP contribution in [0, 0.1) is 6.92 Å². The molecule has 0 unspecified atom stereocenters. The molecular formula is C22H22N2O3. The summed E-state index contributed by atoms with van der Waals surface area (Å²) in [5.41, 5.74) is 5.32. The molecule has 5 heteroatoms. The molecule has 2 heterocycles. The number of nitrogens with zero attached hydrogens (tertiary/aromatic N) is 2. The van der Waals surface area contributed by atoms with Crippen LogP contribution < -0.4 is 15.0 Å². The molecule has 0 bridgehead atoms. The maximum absolute atomic E-state index is 13.0. The van der Waals surface area contributed by atoms with E-state index in [-0.39, 0.29) is 5.56 Å². The number of benzene rings is 1. The SMILES string of the molecule is COc1ccc(OC)c(/C=C2/CCCc3c2nc2ccc(C)cn2c3=O)c1. The number of hydrogen-bond acceptors (Lipinski definition) is 4. The molecule has 0 saturated carbocycles. The zero-order valence-electron chi connectivity index (χ0n) is 15.8. The Kier molecular flexibility index (Phi) is 4.44. The fraction of sp³-hybridized carbons (Fsp3) is 0.273. The number of rotatable bonds is 3. The first-order valence-corrected chi connectivity index (χ1v) is 9.05. The number of ether oxygens (including phenoxy) is 2. The van der Waals surface area contributed by atoms with E-state index in [0.29, 0.717) is 5.65 Å². The Morgan fingerprint density at radius 1 is 1.11 bits per heavy atom. The standard InChI is InChI=1S/C22H22N2O3/c1-14-7-10-20-23-21-15(5-4-6-18(21)22(25)24(20)13-14)11-16-12-17(26-2)8-9-19(16)27-3/h7-13H,4-6H2,1-3H3/b15-11-. The molecule has 1 aromatic carbocycles. The quantitative estimate of drug-likeness (QED) is 0.709. The Morgan fingerprint density at radius 2 is 1.96 bits per heavy atom. The third-order valence-electron chi connectivity index (χ3n) is 5.01. The first-order valence-electron chi connectivity index (χ1n) is 9.05. The summed E-state index contributed by atoms with van der Waals surface area (Å²) in [6.45, 7) is 1.98. The van der Waals surface area contributed by atoms with Gasteiger partial charge in [-0.1, -0.05) is 6.07 Å². The predicted octanol–water partition coefficient (Wildman–Crippen LogP) is 3.90. The third kappa shape index (κ3) is 3.10. The zero-order chi connectivity index (χ0) is 19.0. The van der Waals surface area contributed by atoms with E-state index in [2.05, 4.69) is 6.08 Å². The molecule has 0 aliphatic heterocycles. The van der Waals surface area contributed by atoms with Crippen molar-refractivity contribution in [1.82, 2.24) is 9.38 Å². The average molecular weight is 362 g/mol. The maximum Gasteiger partial charge on any atom is 0.261 e. The molecule has 1 aliphatic rings. The van der Waals surface area contributed by atoms with Gasteiger partial charge < -0.3 is 9.47 Å². The van der Waals surface area contributed by atoms with Crippen molar-refractivity contribution in [1.29, 1.82) is 0 Å². The number of hydrogen-bond donors (Lipinski definition) is 0. The molecule has 0 atom stereocenters. The van der Waals surface area contributed by atoms with Gasteiger partial charge >= 0.3 is 0 Å². The van der Waals surface area contributed by atoms with Gasteiger partial charge in [0, 0.05) is 17.3 Å². The van der Waals surface area contributed by atoms with Crippen molar-refractivity contribution < 1.29 is 9.47 Å². The first-order chi connectivity index (χ1) is 13.1.